The molecule has 1 unspecified atom stereocenters. The third kappa shape index (κ3) is 4.58. The van der Waals surface area contributed by atoms with Crippen molar-refractivity contribution in [2.24, 2.45) is 0 Å². The Balaban J connectivity index is 0.00000102. The van der Waals surface area contributed by atoms with Crippen molar-refractivity contribution in [1.29, 1.82) is 0 Å². The lowest BCUT2D eigenvalue weighted by Gasteiger charge is -2.23. The van der Waals surface area contributed by atoms with Crippen LogP contribution in [-0.4, -0.2) is 28.9 Å². The highest BCUT2D eigenvalue weighted by Gasteiger charge is 2.42. The second-order valence-electron chi connectivity index (χ2n) is 4.19. The molecule has 0 saturated carbocycles. The van der Waals surface area contributed by atoms with Gasteiger partial charge in [-0.2, -0.15) is 13.2 Å². The summed E-state index contributed by atoms with van der Waals surface area (Å²) < 4.78 is 36.9. The van der Waals surface area contributed by atoms with Gasteiger partial charge in [-0.1, -0.05) is 39.8 Å². The molecule has 3 nitrogen and oxygen atoms in total. The van der Waals surface area contributed by atoms with Gasteiger partial charge in [0.15, 0.2) is 0 Å². The number of nitrogens with zero attached hydrogens (tertiary/aromatic N) is 1. The Labute approximate surface area is 129 Å². The minimum absolute atomic E-state index is 0.163. The summed E-state index contributed by atoms with van der Waals surface area (Å²) in [6, 6.07) is 4.83. The molecule has 0 bridgehead atoms. The van der Waals surface area contributed by atoms with Gasteiger partial charge in [0.05, 0.1) is 17.5 Å². The lowest BCUT2D eigenvalue weighted by atomic mass is 10.1. The number of rotatable bonds is 2. The zero-order chi connectivity index (χ0) is 17.5. The summed E-state index contributed by atoms with van der Waals surface area (Å²) in [4.78, 5) is 24.4. The number of hydrogen-bond acceptors (Lipinski definition) is 2. The average molecular weight is 317 g/mol. The van der Waals surface area contributed by atoms with Crippen LogP contribution in [-0.2, 0) is 0 Å². The summed E-state index contributed by atoms with van der Waals surface area (Å²) in [5, 5.41) is 0. The molecule has 0 saturated heterocycles. The highest BCUT2D eigenvalue weighted by molar-refractivity contribution is 6.21. The third-order valence-corrected chi connectivity index (χ3v) is 2.79. The standard InChI is InChI=1S/C12H10F3NO2.2C2H6/c1-7(6-12(13,14)15)16-10(17)8-4-2-3-5-9(8)11(16)18;2*1-2/h2-5,7H,6H2,1H3;2*1-2H3. The van der Waals surface area contributed by atoms with Crippen molar-refractivity contribution in [1.82, 2.24) is 4.90 Å². The first-order chi connectivity index (χ1) is 10.3. The quantitative estimate of drug-likeness (QED) is 0.743. The van der Waals surface area contributed by atoms with Crippen molar-refractivity contribution in [3.8, 4) is 0 Å². The maximum Gasteiger partial charge on any atom is 0.391 e. The number of carbonyl (C=O) groups excluding carboxylic acids is 2. The van der Waals surface area contributed by atoms with Crippen molar-refractivity contribution in [2.75, 3.05) is 0 Å². The number of halogens is 3. The van der Waals surface area contributed by atoms with Crippen LogP contribution in [0, 0.1) is 0 Å². The van der Waals surface area contributed by atoms with Crippen LogP contribution in [0.15, 0.2) is 24.3 Å². The van der Waals surface area contributed by atoms with Gasteiger partial charge in [-0.05, 0) is 19.1 Å². The van der Waals surface area contributed by atoms with Gasteiger partial charge in [0, 0.05) is 6.04 Å². The highest BCUT2D eigenvalue weighted by Crippen LogP contribution is 2.29. The van der Waals surface area contributed by atoms with Crippen LogP contribution in [0.5, 0.6) is 0 Å². The summed E-state index contributed by atoms with van der Waals surface area (Å²) in [7, 11) is 0. The first-order valence-electron chi connectivity index (χ1n) is 7.35. The van der Waals surface area contributed by atoms with E-state index in [0.29, 0.717) is 4.90 Å². The van der Waals surface area contributed by atoms with Crippen LogP contribution in [0.4, 0.5) is 13.2 Å². The van der Waals surface area contributed by atoms with Gasteiger partial charge < -0.3 is 0 Å². The molecule has 1 atom stereocenters. The molecule has 124 valence electrons. The molecule has 22 heavy (non-hydrogen) atoms. The smallest absolute Gasteiger partial charge is 0.271 e. The van der Waals surface area contributed by atoms with Crippen LogP contribution >= 0.6 is 0 Å². The minimum Gasteiger partial charge on any atom is -0.271 e. The van der Waals surface area contributed by atoms with Crippen molar-refractivity contribution >= 4 is 11.8 Å². The summed E-state index contributed by atoms with van der Waals surface area (Å²) in [6.07, 6.45) is -5.60. The third-order valence-electron chi connectivity index (χ3n) is 2.79. The zero-order valence-corrected chi connectivity index (χ0v) is 13.5. The summed E-state index contributed by atoms with van der Waals surface area (Å²) in [5.41, 5.74) is 0.327. The maximum atomic E-state index is 12.3. The fourth-order valence-electron chi connectivity index (χ4n) is 2.03. The van der Waals surface area contributed by atoms with Gasteiger partial charge in [-0.25, -0.2) is 0 Å². The summed E-state index contributed by atoms with van der Waals surface area (Å²) >= 11 is 0. The Morgan fingerprint density at radius 3 is 1.64 bits per heavy atom. The molecule has 1 heterocycles. The normalized spacial score (nSPS) is 14.5. The number of hydrogen-bond donors (Lipinski definition) is 0. The number of amides is 2. The van der Waals surface area contributed by atoms with E-state index in [1.807, 2.05) is 27.7 Å². The monoisotopic (exact) mass is 317 g/mol. The number of benzene rings is 1. The predicted molar refractivity (Wildman–Crippen MR) is 79.8 cm³/mol. The molecule has 2 amide bonds. The minimum atomic E-state index is -4.41. The molecule has 0 aromatic heterocycles. The molecular weight excluding hydrogens is 295 g/mol. The van der Waals surface area contributed by atoms with E-state index in [1.165, 1.54) is 19.1 Å². The largest absolute Gasteiger partial charge is 0.391 e. The van der Waals surface area contributed by atoms with Crippen LogP contribution in [0.25, 0.3) is 0 Å². The molecule has 0 N–H and O–H groups in total. The Bertz CT molecular complexity index is 477. The van der Waals surface area contributed by atoms with Gasteiger partial charge in [0.1, 0.15) is 0 Å². The molecule has 0 spiro atoms. The van der Waals surface area contributed by atoms with E-state index >= 15 is 0 Å². The van der Waals surface area contributed by atoms with Gasteiger partial charge in [0.2, 0.25) is 0 Å². The molecule has 0 radical (unpaired) electrons. The highest BCUT2D eigenvalue weighted by atomic mass is 19.4. The Morgan fingerprint density at radius 2 is 1.32 bits per heavy atom. The first-order valence-corrected chi connectivity index (χ1v) is 7.35. The second-order valence-corrected chi connectivity index (χ2v) is 4.19. The molecule has 1 aromatic carbocycles. The van der Waals surface area contributed by atoms with E-state index in [9.17, 15) is 22.8 Å². The zero-order valence-electron chi connectivity index (χ0n) is 13.5. The van der Waals surface area contributed by atoms with Crippen LogP contribution in [0.1, 0.15) is 61.8 Å². The lowest BCUT2D eigenvalue weighted by Crippen LogP contribution is -2.40. The number of imide groups is 1. The molecule has 6 heteroatoms. The van der Waals surface area contributed by atoms with E-state index in [1.54, 1.807) is 12.1 Å². The van der Waals surface area contributed by atoms with E-state index < -0.39 is 30.5 Å². The summed E-state index contributed by atoms with van der Waals surface area (Å²) in [6.45, 7) is 9.22. The average Bonchev–Trinajstić information content (AvgIpc) is 2.74. The predicted octanol–water partition coefficient (Wildman–Crippen LogP) is 4.68. The van der Waals surface area contributed by atoms with Crippen LogP contribution in [0.3, 0.4) is 0 Å². The topological polar surface area (TPSA) is 37.4 Å². The first kappa shape index (κ1) is 20.2. The van der Waals surface area contributed by atoms with Crippen LogP contribution < -0.4 is 0 Å². The lowest BCUT2D eigenvalue weighted by molar-refractivity contribution is -0.142. The van der Waals surface area contributed by atoms with E-state index in [4.69, 9.17) is 0 Å². The van der Waals surface area contributed by atoms with Gasteiger partial charge in [-0.3, -0.25) is 14.5 Å². The van der Waals surface area contributed by atoms with Gasteiger partial charge >= 0.3 is 6.18 Å². The number of fused-ring (bicyclic) bond motifs is 1. The number of alkyl halides is 3. The van der Waals surface area contributed by atoms with Gasteiger partial charge in [-0.15, -0.1) is 0 Å². The molecule has 2 rings (SSSR count). The van der Waals surface area contributed by atoms with Crippen molar-refractivity contribution in [3.05, 3.63) is 35.4 Å². The van der Waals surface area contributed by atoms with Crippen molar-refractivity contribution in [2.45, 2.75) is 53.3 Å². The molecular formula is C16H22F3NO2. The molecule has 1 aromatic rings. The Morgan fingerprint density at radius 1 is 0.955 bits per heavy atom. The van der Waals surface area contributed by atoms with Crippen molar-refractivity contribution < 1.29 is 22.8 Å². The Kier molecular flexibility index (Phi) is 7.84. The molecule has 1 aliphatic rings. The van der Waals surface area contributed by atoms with Crippen molar-refractivity contribution in [3.63, 3.8) is 0 Å². The Hall–Kier alpha value is -1.85. The summed E-state index contributed by atoms with van der Waals surface area (Å²) in [5.74, 6) is -1.32. The SMILES string of the molecule is CC.CC.CC(CC(F)(F)F)N1C(=O)c2ccccc2C1=O. The fraction of sp³-hybridized carbons (Fsp3) is 0.500. The second kappa shape index (κ2) is 8.56. The van der Waals surface area contributed by atoms with E-state index in [0.717, 1.165) is 0 Å². The van der Waals surface area contributed by atoms with E-state index in [2.05, 4.69) is 0 Å². The molecule has 1 aliphatic heterocycles. The number of carbonyl (C=O) groups is 2. The van der Waals surface area contributed by atoms with E-state index in [-0.39, 0.29) is 11.1 Å². The molecule has 0 aliphatic carbocycles. The van der Waals surface area contributed by atoms with Gasteiger partial charge in [0.25, 0.3) is 11.8 Å². The van der Waals surface area contributed by atoms with Crippen LogP contribution in [0.2, 0.25) is 0 Å². The fourth-order valence-corrected chi connectivity index (χ4v) is 2.03. The molecule has 0 fully saturated rings. The maximum absolute atomic E-state index is 12.3.